The molecule has 1 aromatic heterocycles. The molecule has 1 aliphatic rings. The third kappa shape index (κ3) is 5.07. The number of hydrogen-bond acceptors (Lipinski definition) is 5. The van der Waals surface area contributed by atoms with Crippen molar-refractivity contribution in [2.45, 2.75) is 44.6 Å². The summed E-state index contributed by atoms with van der Waals surface area (Å²) in [4.78, 5) is 42.3. The van der Waals surface area contributed by atoms with Crippen molar-refractivity contribution < 1.29 is 14.4 Å². The zero-order valence-electron chi connectivity index (χ0n) is 16.1. The summed E-state index contributed by atoms with van der Waals surface area (Å²) < 4.78 is 1.19. The van der Waals surface area contributed by atoms with Gasteiger partial charge in [0.1, 0.15) is 6.04 Å². The Morgan fingerprint density at radius 3 is 2.86 bits per heavy atom. The van der Waals surface area contributed by atoms with Crippen molar-refractivity contribution in [3.63, 3.8) is 0 Å². The van der Waals surface area contributed by atoms with E-state index in [4.69, 9.17) is 0 Å². The molecule has 1 saturated heterocycles. The van der Waals surface area contributed by atoms with E-state index in [1.165, 1.54) is 4.70 Å². The van der Waals surface area contributed by atoms with Gasteiger partial charge < -0.3 is 15.5 Å². The van der Waals surface area contributed by atoms with Crippen LogP contribution in [0.25, 0.3) is 10.2 Å². The lowest BCUT2D eigenvalue weighted by molar-refractivity contribution is -0.138. The predicted octanol–water partition coefficient (Wildman–Crippen LogP) is 1.86. The van der Waals surface area contributed by atoms with Crippen LogP contribution in [0.4, 0.5) is 0 Å². The zero-order valence-corrected chi connectivity index (χ0v) is 16.9. The van der Waals surface area contributed by atoms with E-state index in [1.807, 2.05) is 18.2 Å². The summed E-state index contributed by atoms with van der Waals surface area (Å²) >= 11 is 1.69. The van der Waals surface area contributed by atoms with Gasteiger partial charge in [-0.3, -0.25) is 14.4 Å². The average Bonchev–Trinajstić information content (AvgIpc) is 3.35. The van der Waals surface area contributed by atoms with Crippen molar-refractivity contribution in [3.8, 4) is 0 Å². The minimum atomic E-state index is -0.414. The van der Waals surface area contributed by atoms with E-state index in [1.54, 1.807) is 23.3 Å². The maximum absolute atomic E-state index is 12.3. The monoisotopic (exact) mass is 402 g/mol. The second-order valence-corrected chi connectivity index (χ2v) is 8.03. The average molecular weight is 403 g/mol. The molecule has 0 radical (unpaired) electrons. The maximum Gasteiger partial charge on any atom is 0.242 e. The minimum Gasteiger partial charge on any atom is -0.357 e. The highest BCUT2D eigenvalue weighted by Gasteiger charge is 2.33. The van der Waals surface area contributed by atoms with Crippen molar-refractivity contribution in [3.05, 3.63) is 29.3 Å². The summed E-state index contributed by atoms with van der Waals surface area (Å²) in [5.41, 5.74) is 1.02. The van der Waals surface area contributed by atoms with Gasteiger partial charge in [-0.05, 0) is 44.2 Å². The van der Waals surface area contributed by atoms with Gasteiger partial charge in [0, 0.05) is 20.0 Å². The third-order valence-corrected chi connectivity index (χ3v) is 6.04. The second-order valence-electron chi connectivity index (χ2n) is 6.92. The second kappa shape index (κ2) is 9.64. The first-order chi connectivity index (χ1) is 13.6. The summed E-state index contributed by atoms with van der Waals surface area (Å²) in [6.07, 6.45) is 4.35. The molecule has 1 atom stereocenters. The van der Waals surface area contributed by atoms with Gasteiger partial charge >= 0.3 is 0 Å². The number of carbonyl (C=O) groups excluding carboxylic acids is 3. The third-order valence-electron chi connectivity index (χ3n) is 4.94. The first kappa shape index (κ1) is 20.3. The Morgan fingerprint density at radius 2 is 2.07 bits per heavy atom. The van der Waals surface area contributed by atoms with Gasteiger partial charge in [-0.2, -0.15) is 0 Å². The number of hydrogen-bond donors (Lipinski definition) is 2. The quantitative estimate of drug-likeness (QED) is 0.660. The molecule has 28 heavy (non-hydrogen) atoms. The number of aromatic nitrogens is 1. The molecule has 1 aromatic carbocycles. The molecular weight excluding hydrogens is 376 g/mol. The topological polar surface area (TPSA) is 91.4 Å². The Bertz CT molecular complexity index is 818. The molecular formula is C20H26N4O3S. The van der Waals surface area contributed by atoms with E-state index in [0.29, 0.717) is 19.4 Å². The molecule has 0 saturated carbocycles. The molecule has 7 nitrogen and oxygen atoms in total. The number of nitrogens with zero attached hydrogens (tertiary/aromatic N) is 2. The highest BCUT2D eigenvalue weighted by atomic mass is 32.1. The lowest BCUT2D eigenvalue weighted by Gasteiger charge is -2.23. The van der Waals surface area contributed by atoms with Crippen LogP contribution in [0.5, 0.6) is 0 Å². The largest absolute Gasteiger partial charge is 0.357 e. The van der Waals surface area contributed by atoms with Gasteiger partial charge in [0.25, 0.3) is 0 Å². The Morgan fingerprint density at radius 1 is 1.25 bits per heavy atom. The van der Waals surface area contributed by atoms with Crippen LogP contribution >= 0.6 is 11.3 Å². The van der Waals surface area contributed by atoms with Crippen LogP contribution in [0, 0.1) is 0 Å². The summed E-state index contributed by atoms with van der Waals surface area (Å²) in [7, 11) is 1.57. The predicted molar refractivity (Wildman–Crippen MR) is 109 cm³/mol. The molecule has 2 aromatic rings. The summed E-state index contributed by atoms with van der Waals surface area (Å²) in [6, 6.07) is 7.65. The highest BCUT2D eigenvalue weighted by Crippen LogP contribution is 2.23. The number of carbonyl (C=O) groups is 3. The van der Waals surface area contributed by atoms with Gasteiger partial charge in [0.15, 0.2) is 0 Å². The van der Waals surface area contributed by atoms with Crippen LogP contribution in [0.3, 0.4) is 0 Å². The number of para-hydroxylation sites is 1. The van der Waals surface area contributed by atoms with Crippen LogP contribution in [0.2, 0.25) is 0 Å². The number of nitrogens with one attached hydrogen (secondary N) is 2. The smallest absolute Gasteiger partial charge is 0.242 e. The SMILES string of the molecule is CNC(=O)C1CCCN1C(=O)CNC(=O)CCCCc1nc2ccccc2s1. The van der Waals surface area contributed by atoms with Crippen molar-refractivity contribution in [2.24, 2.45) is 0 Å². The van der Waals surface area contributed by atoms with Crippen LogP contribution in [0.1, 0.15) is 37.1 Å². The molecule has 3 amide bonds. The summed E-state index contributed by atoms with van der Waals surface area (Å²) in [6.45, 7) is 0.513. The molecule has 0 aliphatic carbocycles. The van der Waals surface area contributed by atoms with Crippen molar-refractivity contribution >= 4 is 39.3 Å². The molecule has 0 bridgehead atoms. The van der Waals surface area contributed by atoms with Crippen molar-refractivity contribution in [1.29, 1.82) is 0 Å². The lowest BCUT2D eigenvalue weighted by Crippen LogP contribution is -2.48. The van der Waals surface area contributed by atoms with Gasteiger partial charge in [-0.25, -0.2) is 4.98 Å². The number of unbranched alkanes of at least 4 members (excludes halogenated alkanes) is 1. The number of likely N-dealkylation sites (N-methyl/N-ethyl adjacent to an activating group) is 1. The van der Waals surface area contributed by atoms with Gasteiger partial charge in [0.05, 0.1) is 21.8 Å². The first-order valence-corrected chi connectivity index (χ1v) is 10.5. The van der Waals surface area contributed by atoms with Crippen LogP contribution in [0.15, 0.2) is 24.3 Å². The molecule has 2 N–H and O–H groups in total. The fraction of sp³-hybridized carbons (Fsp3) is 0.500. The molecule has 8 heteroatoms. The number of fused-ring (bicyclic) bond motifs is 1. The van der Waals surface area contributed by atoms with Crippen molar-refractivity contribution in [1.82, 2.24) is 20.5 Å². The molecule has 1 unspecified atom stereocenters. The van der Waals surface area contributed by atoms with E-state index in [0.717, 1.165) is 36.2 Å². The number of aryl methyl sites for hydroxylation is 1. The highest BCUT2D eigenvalue weighted by molar-refractivity contribution is 7.18. The number of rotatable bonds is 8. The van der Waals surface area contributed by atoms with Gasteiger partial charge in [-0.1, -0.05) is 12.1 Å². The van der Waals surface area contributed by atoms with E-state index in [9.17, 15) is 14.4 Å². The van der Waals surface area contributed by atoms with Crippen LogP contribution in [-0.2, 0) is 20.8 Å². The fourth-order valence-corrected chi connectivity index (χ4v) is 4.47. The summed E-state index contributed by atoms with van der Waals surface area (Å²) in [5.74, 6) is -0.478. The molecule has 3 rings (SSSR count). The summed E-state index contributed by atoms with van der Waals surface area (Å²) in [5, 5.41) is 6.36. The Labute approximate surface area is 168 Å². The molecule has 150 valence electrons. The number of amides is 3. The van der Waals surface area contributed by atoms with E-state index >= 15 is 0 Å². The first-order valence-electron chi connectivity index (χ1n) is 9.70. The molecule has 1 aliphatic heterocycles. The molecule has 2 heterocycles. The number of thiazole rings is 1. The standard InChI is InChI=1S/C20H26N4O3S/c1-21-20(27)15-8-6-12-24(15)19(26)13-22-17(25)10-4-5-11-18-23-14-7-2-3-9-16(14)28-18/h2-3,7,9,15H,4-6,8,10-13H2,1H3,(H,21,27)(H,22,25). The fourth-order valence-electron chi connectivity index (χ4n) is 3.46. The van der Waals surface area contributed by atoms with Gasteiger partial charge in [-0.15, -0.1) is 11.3 Å². The normalized spacial score (nSPS) is 16.3. The molecule has 0 spiro atoms. The van der Waals surface area contributed by atoms with E-state index in [-0.39, 0.29) is 24.3 Å². The minimum absolute atomic E-state index is 0.0514. The van der Waals surface area contributed by atoms with E-state index < -0.39 is 6.04 Å². The van der Waals surface area contributed by atoms with Crippen molar-refractivity contribution in [2.75, 3.05) is 20.1 Å². The Balaban J connectivity index is 1.35. The Kier molecular flexibility index (Phi) is 6.97. The number of likely N-dealkylation sites (tertiary alicyclic amines) is 1. The molecule has 1 fully saturated rings. The van der Waals surface area contributed by atoms with Crippen LogP contribution < -0.4 is 10.6 Å². The maximum atomic E-state index is 12.3. The Hall–Kier alpha value is -2.48. The lowest BCUT2D eigenvalue weighted by atomic mass is 10.2. The van der Waals surface area contributed by atoms with E-state index in [2.05, 4.69) is 21.7 Å². The van der Waals surface area contributed by atoms with Crippen LogP contribution in [-0.4, -0.2) is 53.8 Å². The number of benzene rings is 1. The zero-order chi connectivity index (χ0) is 19.9. The van der Waals surface area contributed by atoms with Gasteiger partial charge in [0.2, 0.25) is 17.7 Å².